The molecule has 0 radical (unpaired) electrons. The molecule has 136 valence electrons. The summed E-state index contributed by atoms with van der Waals surface area (Å²) < 4.78 is 18.9. The summed E-state index contributed by atoms with van der Waals surface area (Å²) >= 11 is 0. The lowest BCUT2D eigenvalue weighted by Crippen LogP contribution is -2.38. The smallest absolute Gasteiger partial charge is 0.224 e. The molecule has 2 aromatic rings. The molecule has 4 rings (SSSR count). The summed E-state index contributed by atoms with van der Waals surface area (Å²) in [6.07, 6.45) is 0.696. The second kappa shape index (κ2) is 7.08. The van der Waals surface area contributed by atoms with Gasteiger partial charge in [-0.1, -0.05) is 30.3 Å². The molecule has 3 atom stereocenters. The van der Waals surface area contributed by atoms with Gasteiger partial charge < -0.3 is 10.1 Å². The van der Waals surface area contributed by atoms with Crippen molar-refractivity contribution in [1.82, 2.24) is 10.2 Å². The van der Waals surface area contributed by atoms with Crippen LogP contribution in [0.2, 0.25) is 0 Å². The van der Waals surface area contributed by atoms with Crippen molar-refractivity contribution in [3.05, 3.63) is 65.5 Å². The van der Waals surface area contributed by atoms with Crippen molar-refractivity contribution in [2.24, 2.45) is 11.8 Å². The molecule has 4 nitrogen and oxygen atoms in total. The molecular weight excluding hydrogens is 331 g/mol. The van der Waals surface area contributed by atoms with E-state index in [-0.39, 0.29) is 29.6 Å². The molecule has 0 aliphatic carbocycles. The first-order chi connectivity index (χ1) is 12.6. The maximum atomic E-state index is 13.0. The van der Waals surface area contributed by atoms with Crippen molar-refractivity contribution < 1.29 is 13.9 Å². The number of benzene rings is 2. The molecule has 26 heavy (non-hydrogen) atoms. The Morgan fingerprint density at radius 3 is 2.81 bits per heavy atom. The van der Waals surface area contributed by atoms with Crippen LogP contribution >= 0.6 is 0 Å². The Bertz CT molecular complexity index is 793. The van der Waals surface area contributed by atoms with E-state index in [1.165, 1.54) is 17.7 Å². The third kappa shape index (κ3) is 3.19. The predicted octanol–water partition coefficient (Wildman–Crippen LogP) is 2.80. The number of halogens is 1. The maximum absolute atomic E-state index is 13.0. The number of amides is 1. The lowest BCUT2D eigenvalue weighted by Gasteiger charge is -2.32. The van der Waals surface area contributed by atoms with E-state index in [1.807, 2.05) is 18.2 Å². The normalized spacial score (nSPS) is 24.5. The monoisotopic (exact) mass is 354 g/mol. The van der Waals surface area contributed by atoms with Crippen LogP contribution in [0, 0.1) is 17.7 Å². The van der Waals surface area contributed by atoms with Gasteiger partial charge in [-0.05, 0) is 37.2 Å². The minimum atomic E-state index is -0.240. The standard InChI is InChI=1S/C21H23FN2O2/c1-24-12-17(18-13-26-19-5-3-2-4-16(19)20(18)24)21(25)23-11-10-14-6-8-15(22)9-7-14/h2-9,17-18,20H,10-13H2,1H3,(H,23,25)/t17-,18+,20+/m1/s1. The average Bonchev–Trinajstić information content (AvgIpc) is 3.00. The minimum absolute atomic E-state index is 0.0772. The van der Waals surface area contributed by atoms with E-state index in [1.54, 1.807) is 12.1 Å². The molecule has 1 N–H and O–H groups in total. The van der Waals surface area contributed by atoms with E-state index >= 15 is 0 Å². The van der Waals surface area contributed by atoms with Gasteiger partial charge in [-0.15, -0.1) is 0 Å². The van der Waals surface area contributed by atoms with Gasteiger partial charge in [0.1, 0.15) is 11.6 Å². The first kappa shape index (κ1) is 17.0. The molecule has 0 bridgehead atoms. The number of nitrogens with zero attached hydrogens (tertiary/aromatic N) is 1. The van der Waals surface area contributed by atoms with Crippen LogP contribution < -0.4 is 10.1 Å². The van der Waals surface area contributed by atoms with Crippen molar-refractivity contribution >= 4 is 5.91 Å². The van der Waals surface area contributed by atoms with Crippen molar-refractivity contribution in [2.75, 3.05) is 26.7 Å². The Morgan fingerprint density at radius 2 is 2.00 bits per heavy atom. The van der Waals surface area contributed by atoms with Crippen LogP contribution in [0.4, 0.5) is 4.39 Å². The zero-order chi connectivity index (χ0) is 18.1. The third-order valence-electron chi connectivity index (χ3n) is 5.51. The highest BCUT2D eigenvalue weighted by Crippen LogP contribution is 2.46. The van der Waals surface area contributed by atoms with E-state index in [4.69, 9.17) is 4.74 Å². The lowest BCUT2D eigenvalue weighted by molar-refractivity contribution is -0.126. The van der Waals surface area contributed by atoms with E-state index in [0.29, 0.717) is 19.6 Å². The van der Waals surface area contributed by atoms with E-state index in [2.05, 4.69) is 23.3 Å². The molecule has 1 amide bonds. The van der Waals surface area contributed by atoms with Crippen LogP contribution in [0.5, 0.6) is 5.75 Å². The summed E-state index contributed by atoms with van der Waals surface area (Å²) in [5.74, 6) is 0.857. The molecule has 0 unspecified atom stereocenters. The van der Waals surface area contributed by atoms with Crippen LogP contribution in [-0.2, 0) is 11.2 Å². The number of hydrogen-bond acceptors (Lipinski definition) is 3. The fraction of sp³-hybridized carbons (Fsp3) is 0.381. The second-order valence-corrected chi connectivity index (χ2v) is 7.17. The third-order valence-corrected chi connectivity index (χ3v) is 5.51. The SMILES string of the molecule is CN1C[C@@H](C(=O)NCCc2ccc(F)cc2)[C@@H]2COc3ccccc3[C@@H]21. The van der Waals surface area contributed by atoms with Crippen LogP contribution in [0.25, 0.3) is 0 Å². The molecule has 0 spiro atoms. The van der Waals surface area contributed by atoms with Gasteiger partial charge in [0.15, 0.2) is 0 Å². The highest BCUT2D eigenvalue weighted by molar-refractivity contribution is 5.80. The molecule has 2 aliphatic rings. The van der Waals surface area contributed by atoms with Gasteiger partial charge in [0, 0.05) is 30.6 Å². The topological polar surface area (TPSA) is 41.6 Å². The summed E-state index contributed by atoms with van der Waals surface area (Å²) in [5, 5.41) is 3.05. The fourth-order valence-corrected chi connectivity index (χ4v) is 4.21. The number of carbonyl (C=O) groups excluding carboxylic acids is 1. The molecule has 2 heterocycles. The number of carbonyl (C=O) groups is 1. The minimum Gasteiger partial charge on any atom is -0.493 e. The van der Waals surface area contributed by atoms with E-state index in [0.717, 1.165) is 17.9 Å². The van der Waals surface area contributed by atoms with Crippen LogP contribution in [0.1, 0.15) is 17.2 Å². The first-order valence-electron chi connectivity index (χ1n) is 9.07. The summed E-state index contributed by atoms with van der Waals surface area (Å²) in [5.41, 5.74) is 2.19. The molecule has 0 saturated carbocycles. The van der Waals surface area contributed by atoms with Crippen molar-refractivity contribution in [3.63, 3.8) is 0 Å². The summed E-state index contributed by atoms with van der Waals surface area (Å²) in [4.78, 5) is 15.0. The van der Waals surface area contributed by atoms with E-state index in [9.17, 15) is 9.18 Å². The molecule has 0 aromatic heterocycles. The van der Waals surface area contributed by atoms with Crippen LogP contribution in [-0.4, -0.2) is 37.6 Å². The number of nitrogens with one attached hydrogen (secondary N) is 1. The number of ether oxygens (including phenoxy) is 1. The van der Waals surface area contributed by atoms with Crippen LogP contribution in [0.15, 0.2) is 48.5 Å². The zero-order valence-electron chi connectivity index (χ0n) is 14.8. The number of hydrogen-bond donors (Lipinski definition) is 1. The quantitative estimate of drug-likeness (QED) is 0.918. The van der Waals surface area contributed by atoms with Gasteiger partial charge in [0.2, 0.25) is 5.91 Å². The number of fused-ring (bicyclic) bond motifs is 3. The Balaban J connectivity index is 1.39. The predicted molar refractivity (Wildman–Crippen MR) is 97.4 cm³/mol. The van der Waals surface area contributed by atoms with Gasteiger partial charge in [-0.25, -0.2) is 4.39 Å². The number of para-hydroxylation sites is 1. The Labute approximate surface area is 153 Å². The zero-order valence-corrected chi connectivity index (χ0v) is 14.8. The lowest BCUT2D eigenvalue weighted by atomic mass is 9.85. The number of likely N-dealkylation sites (tertiary alicyclic amines) is 1. The van der Waals surface area contributed by atoms with Gasteiger partial charge in [-0.2, -0.15) is 0 Å². The molecule has 5 heteroatoms. The van der Waals surface area contributed by atoms with Crippen molar-refractivity contribution in [2.45, 2.75) is 12.5 Å². The van der Waals surface area contributed by atoms with Gasteiger partial charge in [0.25, 0.3) is 0 Å². The van der Waals surface area contributed by atoms with E-state index < -0.39 is 0 Å². The summed E-state index contributed by atoms with van der Waals surface area (Å²) in [6.45, 7) is 1.86. The molecule has 2 aromatic carbocycles. The molecule has 2 aliphatic heterocycles. The number of rotatable bonds is 4. The Kier molecular flexibility index (Phi) is 4.64. The van der Waals surface area contributed by atoms with Gasteiger partial charge >= 0.3 is 0 Å². The summed E-state index contributed by atoms with van der Waals surface area (Å²) in [7, 11) is 2.07. The van der Waals surface area contributed by atoms with Crippen molar-refractivity contribution in [3.8, 4) is 5.75 Å². The van der Waals surface area contributed by atoms with Crippen molar-refractivity contribution in [1.29, 1.82) is 0 Å². The Hall–Kier alpha value is -2.40. The first-order valence-corrected chi connectivity index (χ1v) is 9.07. The highest BCUT2D eigenvalue weighted by atomic mass is 19.1. The average molecular weight is 354 g/mol. The molecule has 1 saturated heterocycles. The second-order valence-electron chi connectivity index (χ2n) is 7.17. The largest absolute Gasteiger partial charge is 0.493 e. The summed E-state index contributed by atoms with van der Waals surface area (Å²) in [6, 6.07) is 14.7. The highest BCUT2D eigenvalue weighted by Gasteiger charge is 2.47. The van der Waals surface area contributed by atoms with Crippen LogP contribution in [0.3, 0.4) is 0 Å². The molecule has 1 fully saturated rings. The van der Waals surface area contributed by atoms with Gasteiger partial charge in [-0.3, -0.25) is 9.69 Å². The Morgan fingerprint density at radius 1 is 1.23 bits per heavy atom. The maximum Gasteiger partial charge on any atom is 0.224 e. The fourth-order valence-electron chi connectivity index (χ4n) is 4.21. The van der Waals surface area contributed by atoms with Gasteiger partial charge in [0.05, 0.1) is 12.5 Å². The molecular formula is C21H23FN2O2.